The van der Waals surface area contributed by atoms with Gasteiger partial charge >= 0.3 is 5.91 Å². The molecule has 0 radical (unpaired) electrons. The normalized spacial score (nSPS) is 18.3. The van der Waals surface area contributed by atoms with Crippen molar-refractivity contribution in [3.05, 3.63) is 41.1 Å². The van der Waals surface area contributed by atoms with E-state index >= 15 is 0 Å². The monoisotopic (exact) mass is 315 g/mol. The largest absolute Gasteiger partial charge is 0.402 e. The van der Waals surface area contributed by atoms with E-state index < -0.39 is 0 Å². The Bertz CT molecular complexity index is 647. The predicted molar refractivity (Wildman–Crippen MR) is 91.2 cm³/mol. The Hall–Kier alpha value is -2.47. The molecular formula is C17H23N4O2+. The predicted octanol–water partition coefficient (Wildman–Crippen LogP) is 0.610. The van der Waals surface area contributed by atoms with E-state index in [9.17, 15) is 4.79 Å². The van der Waals surface area contributed by atoms with Gasteiger partial charge in [0.25, 0.3) is 5.71 Å². The van der Waals surface area contributed by atoms with Gasteiger partial charge in [0.2, 0.25) is 0 Å². The molecule has 1 aromatic rings. The molecule has 23 heavy (non-hydrogen) atoms. The zero-order valence-corrected chi connectivity index (χ0v) is 13.5. The van der Waals surface area contributed by atoms with Gasteiger partial charge in [-0.1, -0.05) is 19.1 Å². The number of rotatable bonds is 5. The Morgan fingerprint density at radius 2 is 2.13 bits per heavy atom. The maximum absolute atomic E-state index is 12.2. The van der Waals surface area contributed by atoms with Crippen LogP contribution in [0.4, 0.5) is 5.69 Å². The first kappa shape index (κ1) is 16.9. The third kappa shape index (κ3) is 4.26. The summed E-state index contributed by atoms with van der Waals surface area (Å²) in [4.78, 5) is 16.4. The molecule has 0 aliphatic carbocycles. The first-order valence-corrected chi connectivity index (χ1v) is 7.62. The lowest BCUT2D eigenvalue weighted by atomic mass is 10.1. The van der Waals surface area contributed by atoms with Gasteiger partial charge in [0.1, 0.15) is 6.10 Å². The number of amides is 1. The molecule has 0 saturated carbocycles. The average Bonchev–Trinajstić information content (AvgIpc) is 2.61. The zero-order chi connectivity index (χ0) is 16.8. The molecule has 0 spiro atoms. The van der Waals surface area contributed by atoms with E-state index in [-0.39, 0.29) is 17.7 Å². The lowest BCUT2D eigenvalue weighted by Crippen LogP contribution is -2.48. The summed E-state index contributed by atoms with van der Waals surface area (Å²) in [6, 6.07) is 7.48. The number of aliphatic imine (C=N–C) groups is 1. The first-order valence-electron chi connectivity index (χ1n) is 7.62. The van der Waals surface area contributed by atoms with Crippen molar-refractivity contribution in [1.82, 2.24) is 0 Å². The Balaban J connectivity index is 2.02. The summed E-state index contributed by atoms with van der Waals surface area (Å²) in [6.07, 6.45) is 2.39. The van der Waals surface area contributed by atoms with Gasteiger partial charge in [0.15, 0.2) is 0 Å². The van der Waals surface area contributed by atoms with Crippen molar-refractivity contribution >= 4 is 23.5 Å². The summed E-state index contributed by atoms with van der Waals surface area (Å²) in [5.41, 5.74) is 8.90. The SMILES string of the molecule is CC/C(N)=C(\C)C(=[NH2+])C(=O)Nc1ccc([C@H]2CN=CCO2)cc1. The van der Waals surface area contributed by atoms with Crippen molar-refractivity contribution in [1.29, 1.82) is 0 Å². The van der Waals surface area contributed by atoms with E-state index in [2.05, 4.69) is 10.3 Å². The van der Waals surface area contributed by atoms with Crippen LogP contribution in [0.15, 0.2) is 40.5 Å². The molecule has 1 aromatic carbocycles. The Kier molecular flexibility index (Phi) is 5.65. The summed E-state index contributed by atoms with van der Waals surface area (Å²) in [5, 5.41) is 8.63. The Labute approximate surface area is 135 Å². The van der Waals surface area contributed by atoms with E-state index in [4.69, 9.17) is 15.9 Å². The molecule has 6 heteroatoms. The molecule has 0 saturated heterocycles. The number of allylic oxidation sites excluding steroid dienone is 1. The number of nitrogens with zero attached hydrogens (tertiary/aromatic N) is 1. The van der Waals surface area contributed by atoms with Crippen molar-refractivity contribution < 1.29 is 14.9 Å². The molecule has 0 bridgehead atoms. The van der Waals surface area contributed by atoms with E-state index in [1.165, 1.54) is 0 Å². The number of hydrogen-bond acceptors (Lipinski definition) is 4. The topological polar surface area (TPSA) is 102 Å². The summed E-state index contributed by atoms with van der Waals surface area (Å²) in [5.74, 6) is -0.356. The fraction of sp³-hybridized carbons (Fsp3) is 0.353. The number of nitrogens with two attached hydrogens (primary N) is 2. The van der Waals surface area contributed by atoms with Crippen LogP contribution in [-0.2, 0) is 9.53 Å². The Morgan fingerprint density at radius 1 is 1.43 bits per heavy atom. The minimum atomic E-state index is -0.356. The molecule has 0 fully saturated rings. The highest BCUT2D eigenvalue weighted by Gasteiger charge is 2.20. The quantitative estimate of drug-likeness (QED) is 0.694. The van der Waals surface area contributed by atoms with Crippen molar-refractivity contribution in [3.63, 3.8) is 0 Å². The summed E-state index contributed by atoms with van der Waals surface area (Å²) in [6.45, 7) is 4.81. The van der Waals surface area contributed by atoms with Gasteiger partial charge in [-0.3, -0.25) is 9.79 Å². The first-order chi connectivity index (χ1) is 11.0. The lowest BCUT2D eigenvalue weighted by Gasteiger charge is -2.18. The molecule has 122 valence electrons. The molecule has 1 amide bonds. The third-order valence-electron chi connectivity index (χ3n) is 3.82. The fourth-order valence-electron chi connectivity index (χ4n) is 2.22. The van der Waals surface area contributed by atoms with Crippen LogP contribution in [-0.4, -0.2) is 31.0 Å². The van der Waals surface area contributed by atoms with Gasteiger partial charge in [-0.2, -0.15) is 0 Å². The zero-order valence-electron chi connectivity index (χ0n) is 13.5. The van der Waals surface area contributed by atoms with Crippen molar-refractivity contribution in [2.45, 2.75) is 26.4 Å². The number of carbonyl (C=O) groups is 1. The van der Waals surface area contributed by atoms with Crippen LogP contribution in [0, 0.1) is 0 Å². The van der Waals surface area contributed by atoms with Crippen molar-refractivity contribution in [2.75, 3.05) is 18.5 Å². The van der Waals surface area contributed by atoms with Gasteiger partial charge < -0.3 is 15.8 Å². The van der Waals surface area contributed by atoms with Crippen molar-refractivity contribution in [3.8, 4) is 0 Å². The minimum absolute atomic E-state index is 0.0316. The summed E-state index contributed by atoms with van der Waals surface area (Å²) in [7, 11) is 0. The van der Waals surface area contributed by atoms with Crippen LogP contribution in [0.1, 0.15) is 31.9 Å². The number of ether oxygens (including phenoxy) is 1. The molecule has 0 unspecified atom stereocenters. The second-order valence-corrected chi connectivity index (χ2v) is 5.36. The number of carbonyl (C=O) groups excluding carboxylic acids is 1. The van der Waals surface area contributed by atoms with Gasteiger partial charge in [0.05, 0.1) is 13.2 Å². The number of anilines is 1. The highest BCUT2D eigenvalue weighted by molar-refractivity contribution is 6.46. The van der Waals surface area contributed by atoms with Crippen LogP contribution < -0.4 is 16.5 Å². The lowest BCUT2D eigenvalue weighted by molar-refractivity contribution is -0.132. The molecule has 1 heterocycles. The molecule has 1 aliphatic heterocycles. The highest BCUT2D eigenvalue weighted by Crippen LogP contribution is 2.21. The third-order valence-corrected chi connectivity index (χ3v) is 3.82. The van der Waals surface area contributed by atoms with Crippen LogP contribution in [0.3, 0.4) is 0 Å². The number of hydrogen-bond donors (Lipinski definition) is 3. The van der Waals surface area contributed by atoms with E-state index in [0.717, 1.165) is 5.56 Å². The maximum Gasteiger partial charge on any atom is 0.320 e. The maximum atomic E-state index is 12.2. The van der Waals surface area contributed by atoms with Crippen LogP contribution in [0.5, 0.6) is 0 Å². The Morgan fingerprint density at radius 3 is 2.70 bits per heavy atom. The van der Waals surface area contributed by atoms with Crippen LogP contribution in [0.2, 0.25) is 0 Å². The molecule has 2 rings (SSSR count). The van der Waals surface area contributed by atoms with Gasteiger partial charge in [-0.15, -0.1) is 0 Å². The second kappa shape index (κ2) is 7.69. The van der Waals surface area contributed by atoms with Gasteiger partial charge in [-0.05, 0) is 31.0 Å². The molecule has 1 aliphatic rings. The number of nitrogens with one attached hydrogen (secondary N) is 1. The molecule has 1 atom stereocenters. The highest BCUT2D eigenvalue weighted by atomic mass is 16.5. The molecular weight excluding hydrogens is 292 g/mol. The molecule has 5 N–H and O–H groups in total. The van der Waals surface area contributed by atoms with E-state index in [1.54, 1.807) is 13.1 Å². The minimum Gasteiger partial charge on any atom is -0.402 e. The summed E-state index contributed by atoms with van der Waals surface area (Å²) >= 11 is 0. The molecule has 0 aromatic heterocycles. The van der Waals surface area contributed by atoms with Gasteiger partial charge in [0, 0.05) is 23.2 Å². The summed E-state index contributed by atoms with van der Waals surface area (Å²) < 4.78 is 5.61. The van der Waals surface area contributed by atoms with Crippen molar-refractivity contribution in [2.24, 2.45) is 10.7 Å². The smallest absolute Gasteiger partial charge is 0.320 e. The van der Waals surface area contributed by atoms with Crippen LogP contribution in [0.25, 0.3) is 0 Å². The molecule has 6 nitrogen and oxygen atoms in total. The van der Waals surface area contributed by atoms with E-state index in [1.807, 2.05) is 31.2 Å². The second-order valence-electron chi connectivity index (χ2n) is 5.36. The number of benzene rings is 1. The van der Waals surface area contributed by atoms with Gasteiger partial charge in [-0.25, -0.2) is 5.41 Å². The van der Waals surface area contributed by atoms with Crippen LogP contribution >= 0.6 is 0 Å². The van der Waals surface area contributed by atoms with E-state index in [0.29, 0.717) is 36.5 Å². The fourth-order valence-corrected chi connectivity index (χ4v) is 2.22. The average molecular weight is 315 g/mol. The standard InChI is InChI=1S/C17H22N4O2/c1-3-14(18)11(2)16(19)17(22)21-13-6-4-12(5-7-13)15-10-20-8-9-23-15/h4-8,15,19H,3,9-10,18H2,1-2H3,(H,21,22)/p+1/b14-11-,19-16?/t15-/m1/s1.